The molecule has 1 nitrogen and oxygen atoms in total. The second-order valence-electron chi connectivity index (χ2n) is 5.96. The number of Topliss-reactive ketones (excluding diaryl/α,β-unsaturated/α-hetero) is 1. The Balaban J connectivity index is 2.80. The summed E-state index contributed by atoms with van der Waals surface area (Å²) in [4.78, 5) is 12.0. The summed E-state index contributed by atoms with van der Waals surface area (Å²) in [6.07, 6.45) is 2.83. The molecular weight excluding hydrogens is 220 g/mol. The molecule has 1 atom stereocenters. The van der Waals surface area contributed by atoms with E-state index in [-0.39, 0.29) is 11.2 Å². The van der Waals surface area contributed by atoms with Gasteiger partial charge in [-0.05, 0) is 23.3 Å². The number of carbonyl (C=O) groups excluding carboxylic acids is 1. The summed E-state index contributed by atoms with van der Waals surface area (Å²) < 4.78 is 0. The lowest BCUT2D eigenvalue weighted by molar-refractivity contribution is 0.0963. The predicted octanol–water partition coefficient (Wildman–Crippen LogP) is 4.99. The molecule has 0 heterocycles. The van der Waals surface area contributed by atoms with Crippen LogP contribution in [-0.4, -0.2) is 5.78 Å². The highest BCUT2D eigenvalue weighted by Gasteiger charge is 2.18. The molecule has 0 bridgehead atoms. The monoisotopic (exact) mass is 246 g/mol. The van der Waals surface area contributed by atoms with Crippen molar-refractivity contribution >= 4 is 5.78 Å². The topological polar surface area (TPSA) is 17.1 Å². The number of hydrogen-bond donors (Lipinski definition) is 0. The number of hydrogen-bond acceptors (Lipinski definition) is 1. The van der Waals surface area contributed by atoms with Gasteiger partial charge in [0.15, 0.2) is 5.78 Å². The number of benzene rings is 1. The molecule has 0 saturated heterocycles. The van der Waals surface area contributed by atoms with Crippen molar-refractivity contribution in [3.63, 3.8) is 0 Å². The maximum atomic E-state index is 12.0. The highest BCUT2D eigenvalue weighted by atomic mass is 16.1. The van der Waals surface area contributed by atoms with Crippen LogP contribution in [0.25, 0.3) is 0 Å². The highest BCUT2D eigenvalue weighted by Crippen LogP contribution is 2.27. The largest absolute Gasteiger partial charge is 0.294 e. The SMILES string of the molecule is CCC(C)CC(=O)c1ccc(C(C)(C)CC)cc1. The molecule has 0 aliphatic rings. The van der Waals surface area contributed by atoms with Crippen molar-refractivity contribution in [2.45, 2.75) is 59.3 Å². The van der Waals surface area contributed by atoms with Crippen LogP contribution in [0.3, 0.4) is 0 Å². The van der Waals surface area contributed by atoms with Gasteiger partial charge >= 0.3 is 0 Å². The van der Waals surface area contributed by atoms with E-state index in [0.717, 1.165) is 18.4 Å². The Labute approximate surface area is 112 Å². The normalized spacial score (nSPS) is 13.4. The second-order valence-corrected chi connectivity index (χ2v) is 5.96. The smallest absolute Gasteiger partial charge is 0.163 e. The molecule has 0 aliphatic heterocycles. The van der Waals surface area contributed by atoms with Gasteiger partial charge in [0.25, 0.3) is 0 Å². The Hall–Kier alpha value is -1.11. The van der Waals surface area contributed by atoms with E-state index in [1.165, 1.54) is 5.56 Å². The van der Waals surface area contributed by atoms with E-state index in [0.29, 0.717) is 12.3 Å². The molecule has 0 amide bonds. The molecule has 0 spiro atoms. The van der Waals surface area contributed by atoms with Gasteiger partial charge in [-0.2, -0.15) is 0 Å². The molecule has 1 aromatic rings. The number of carbonyl (C=O) groups is 1. The quantitative estimate of drug-likeness (QED) is 0.646. The van der Waals surface area contributed by atoms with Gasteiger partial charge in [0.2, 0.25) is 0 Å². The lowest BCUT2D eigenvalue weighted by Gasteiger charge is -2.23. The van der Waals surface area contributed by atoms with Crippen LogP contribution in [0.5, 0.6) is 0 Å². The minimum Gasteiger partial charge on any atom is -0.294 e. The number of ketones is 1. The van der Waals surface area contributed by atoms with Gasteiger partial charge in [-0.25, -0.2) is 0 Å². The standard InChI is InChI=1S/C17H26O/c1-6-13(3)12-16(18)14-8-10-15(11-9-14)17(4,5)7-2/h8-11,13H,6-7,12H2,1-5H3. The van der Waals surface area contributed by atoms with Crippen molar-refractivity contribution in [2.24, 2.45) is 5.92 Å². The zero-order valence-corrected chi connectivity index (χ0v) is 12.4. The molecular formula is C17H26O. The van der Waals surface area contributed by atoms with Crippen molar-refractivity contribution in [3.8, 4) is 0 Å². The number of rotatable bonds is 6. The van der Waals surface area contributed by atoms with Gasteiger partial charge in [-0.1, -0.05) is 65.3 Å². The molecule has 18 heavy (non-hydrogen) atoms. The maximum Gasteiger partial charge on any atom is 0.163 e. The Morgan fingerprint density at radius 2 is 1.72 bits per heavy atom. The van der Waals surface area contributed by atoms with E-state index in [1.807, 2.05) is 12.1 Å². The first-order valence-electron chi connectivity index (χ1n) is 7.04. The molecule has 1 heteroatoms. The summed E-state index contributed by atoms with van der Waals surface area (Å²) in [5.74, 6) is 0.745. The summed E-state index contributed by atoms with van der Waals surface area (Å²) in [6, 6.07) is 8.18. The molecule has 0 N–H and O–H groups in total. The third-order valence-electron chi connectivity index (χ3n) is 4.10. The molecule has 0 fully saturated rings. The molecule has 0 aliphatic carbocycles. The first kappa shape index (κ1) is 14.9. The highest BCUT2D eigenvalue weighted by molar-refractivity contribution is 5.96. The molecule has 0 radical (unpaired) electrons. The fourth-order valence-electron chi connectivity index (χ4n) is 1.89. The zero-order valence-electron chi connectivity index (χ0n) is 12.4. The van der Waals surface area contributed by atoms with E-state index >= 15 is 0 Å². The Kier molecular flexibility index (Phi) is 5.13. The Morgan fingerprint density at radius 3 is 2.17 bits per heavy atom. The van der Waals surface area contributed by atoms with Crippen molar-refractivity contribution < 1.29 is 4.79 Å². The molecule has 1 rings (SSSR count). The molecule has 0 saturated carbocycles. The maximum absolute atomic E-state index is 12.0. The molecule has 1 aromatic carbocycles. The fourth-order valence-corrected chi connectivity index (χ4v) is 1.89. The van der Waals surface area contributed by atoms with Crippen LogP contribution < -0.4 is 0 Å². The molecule has 0 aromatic heterocycles. The third-order valence-corrected chi connectivity index (χ3v) is 4.10. The van der Waals surface area contributed by atoms with E-state index in [9.17, 15) is 4.79 Å². The van der Waals surface area contributed by atoms with Crippen molar-refractivity contribution in [1.82, 2.24) is 0 Å². The summed E-state index contributed by atoms with van der Waals surface area (Å²) in [6.45, 7) is 10.9. The lowest BCUT2D eigenvalue weighted by atomic mass is 9.82. The second kappa shape index (κ2) is 6.17. The van der Waals surface area contributed by atoms with E-state index < -0.39 is 0 Å². The van der Waals surface area contributed by atoms with Crippen molar-refractivity contribution in [3.05, 3.63) is 35.4 Å². The van der Waals surface area contributed by atoms with Gasteiger partial charge in [0.05, 0.1) is 0 Å². The average molecular weight is 246 g/mol. The summed E-state index contributed by atoms with van der Waals surface area (Å²) in [5, 5.41) is 0. The van der Waals surface area contributed by atoms with E-state index in [4.69, 9.17) is 0 Å². The van der Waals surface area contributed by atoms with Crippen LogP contribution in [0.15, 0.2) is 24.3 Å². The predicted molar refractivity (Wildman–Crippen MR) is 78.2 cm³/mol. The first-order chi connectivity index (χ1) is 8.40. The Morgan fingerprint density at radius 1 is 1.17 bits per heavy atom. The van der Waals surface area contributed by atoms with Crippen LogP contribution in [0.1, 0.15) is 69.8 Å². The van der Waals surface area contributed by atoms with Crippen LogP contribution in [0.4, 0.5) is 0 Å². The lowest BCUT2D eigenvalue weighted by Crippen LogP contribution is -2.15. The minimum atomic E-state index is 0.193. The van der Waals surface area contributed by atoms with Crippen molar-refractivity contribution in [2.75, 3.05) is 0 Å². The van der Waals surface area contributed by atoms with Crippen LogP contribution in [0, 0.1) is 5.92 Å². The zero-order chi connectivity index (χ0) is 13.8. The van der Waals surface area contributed by atoms with Crippen molar-refractivity contribution in [1.29, 1.82) is 0 Å². The fraction of sp³-hybridized carbons (Fsp3) is 0.588. The molecule has 1 unspecified atom stereocenters. The van der Waals surface area contributed by atoms with E-state index in [1.54, 1.807) is 0 Å². The Bertz CT molecular complexity index is 387. The third kappa shape index (κ3) is 3.69. The summed E-state index contributed by atoms with van der Waals surface area (Å²) in [7, 11) is 0. The van der Waals surface area contributed by atoms with Gasteiger partial charge in [0.1, 0.15) is 0 Å². The average Bonchev–Trinajstić information content (AvgIpc) is 2.38. The van der Waals surface area contributed by atoms with Crippen LogP contribution >= 0.6 is 0 Å². The summed E-state index contributed by atoms with van der Waals surface area (Å²) in [5.41, 5.74) is 2.36. The summed E-state index contributed by atoms with van der Waals surface area (Å²) >= 11 is 0. The minimum absolute atomic E-state index is 0.193. The molecule has 100 valence electrons. The van der Waals surface area contributed by atoms with Gasteiger partial charge in [-0.3, -0.25) is 4.79 Å². The van der Waals surface area contributed by atoms with Crippen LogP contribution in [0.2, 0.25) is 0 Å². The van der Waals surface area contributed by atoms with Gasteiger partial charge < -0.3 is 0 Å². The van der Waals surface area contributed by atoms with Gasteiger partial charge in [0, 0.05) is 12.0 Å². The van der Waals surface area contributed by atoms with Gasteiger partial charge in [-0.15, -0.1) is 0 Å². The first-order valence-corrected chi connectivity index (χ1v) is 7.04. The van der Waals surface area contributed by atoms with Crippen LogP contribution in [-0.2, 0) is 5.41 Å². The van der Waals surface area contributed by atoms with E-state index in [2.05, 4.69) is 46.8 Å².